The van der Waals surface area contributed by atoms with Gasteiger partial charge in [0.15, 0.2) is 22.2 Å². The van der Waals surface area contributed by atoms with Gasteiger partial charge in [0.1, 0.15) is 5.75 Å². The molecule has 198 valence electrons. The van der Waals surface area contributed by atoms with E-state index >= 15 is 0 Å². The summed E-state index contributed by atoms with van der Waals surface area (Å²) in [5.74, 6) is -1.58. The van der Waals surface area contributed by atoms with E-state index < -0.39 is 34.2 Å². The van der Waals surface area contributed by atoms with Crippen molar-refractivity contribution in [2.24, 2.45) is 0 Å². The molecule has 0 amide bonds. The molecule has 0 atom stereocenters. The largest absolute Gasteiger partial charge is 0.454 e. The highest BCUT2D eigenvalue weighted by atomic mass is 32.2. The topological polar surface area (TPSA) is 104 Å². The second kappa shape index (κ2) is 11.9. The summed E-state index contributed by atoms with van der Waals surface area (Å²) in [6, 6.07) is 25.5. The Hall–Kier alpha value is -4.56. The highest BCUT2D eigenvalue weighted by Gasteiger charge is 2.17. The summed E-state index contributed by atoms with van der Waals surface area (Å²) in [4.78, 5) is 37.4. The SMILES string of the molecule is Cc1ccc(C(=O)Oc2ccc(C(=O)COC(=O)c3ccc(CS(=O)(=O)c4ccc(C)cc4)cc3)cc2)cc1. The molecule has 0 radical (unpaired) electrons. The smallest absolute Gasteiger partial charge is 0.343 e. The fourth-order valence-corrected chi connectivity index (χ4v) is 5.00. The lowest BCUT2D eigenvalue weighted by Gasteiger charge is -2.08. The number of hydrogen-bond donors (Lipinski definition) is 0. The van der Waals surface area contributed by atoms with Crippen LogP contribution in [0.3, 0.4) is 0 Å². The van der Waals surface area contributed by atoms with Gasteiger partial charge in [-0.15, -0.1) is 0 Å². The first-order valence-corrected chi connectivity index (χ1v) is 13.7. The van der Waals surface area contributed by atoms with Crippen molar-refractivity contribution in [3.8, 4) is 5.75 Å². The molecule has 0 N–H and O–H groups in total. The van der Waals surface area contributed by atoms with Crippen LogP contribution in [0.4, 0.5) is 0 Å². The van der Waals surface area contributed by atoms with Crippen molar-refractivity contribution in [2.75, 3.05) is 6.61 Å². The van der Waals surface area contributed by atoms with E-state index in [1.807, 2.05) is 26.0 Å². The normalized spacial score (nSPS) is 11.0. The minimum Gasteiger partial charge on any atom is -0.454 e. The molecule has 0 unspecified atom stereocenters. The molecule has 0 aliphatic heterocycles. The quantitative estimate of drug-likeness (QED) is 0.155. The van der Waals surface area contributed by atoms with E-state index in [-0.39, 0.29) is 27.5 Å². The number of carbonyl (C=O) groups is 3. The number of ether oxygens (including phenoxy) is 2. The number of benzene rings is 4. The third-order valence-electron chi connectivity index (χ3n) is 5.93. The third kappa shape index (κ3) is 7.27. The maximum absolute atomic E-state index is 12.6. The summed E-state index contributed by atoms with van der Waals surface area (Å²) in [6.07, 6.45) is 0. The standard InChI is InChI=1S/C31H26O7S/c1-21-3-9-26(10-4-21)31(34)38-27-15-13-24(14-16-27)29(32)19-37-30(33)25-11-7-23(8-12-25)20-39(35,36)28-17-5-22(2)6-18-28/h3-18H,19-20H2,1-2H3. The Balaban J connectivity index is 1.29. The van der Waals surface area contributed by atoms with Crippen molar-refractivity contribution in [3.63, 3.8) is 0 Å². The molecule has 39 heavy (non-hydrogen) atoms. The highest BCUT2D eigenvalue weighted by molar-refractivity contribution is 7.90. The zero-order valence-corrected chi connectivity index (χ0v) is 22.2. The second-order valence-electron chi connectivity index (χ2n) is 9.05. The summed E-state index contributed by atoms with van der Waals surface area (Å²) < 4.78 is 35.7. The number of ketones is 1. The Morgan fingerprint density at radius 3 is 1.69 bits per heavy atom. The number of hydrogen-bond acceptors (Lipinski definition) is 7. The first kappa shape index (κ1) is 27.5. The minimum atomic E-state index is -3.53. The van der Waals surface area contributed by atoms with E-state index in [4.69, 9.17) is 9.47 Å². The zero-order chi connectivity index (χ0) is 28.0. The van der Waals surface area contributed by atoms with Crippen LogP contribution in [0.2, 0.25) is 0 Å². The predicted octanol–water partition coefficient (Wildman–Crippen LogP) is 5.54. The van der Waals surface area contributed by atoms with Gasteiger partial charge in [-0.05, 0) is 80.1 Å². The van der Waals surface area contributed by atoms with Crippen molar-refractivity contribution < 1.29 is 32.3 Å². The third-order valence-corrected chi connectivity index (χ3v) is 7.64. The van der Waals surface area contributed by atoms with Gasteiger partial charge in [-0.2, -0.15) is 0 Å². The van der Waals surface area contributed by atoms with Crippen LogP contribution in [0, 0.1) is 13.8 Å². The van der Waals surface area contributed by atoms with E-state index in [2.05, 4.69) is 0 Å². The van der Waals surface area contributed by atoms with Gasteiger partial charge in [-0.3, -0.25) is 4.79 Å². The summed E-state index contributed by atoms with van der Waals surface area (Å²) in [5, 5.41) is 0. The van der Waals surface area contributed by atoms with Gasteiger partial charge in [-0.25, -0.2) is 18.0 Å². The molecule has 7 nitrogen and oxygen atoms in total. The van der Waals surface area contributed by atoms with Crippen molar-refractivity contribution in [2.45, 2.75) is 24.5 Å². The van der Waals surface area contributed by atoms with E-state index in [9.17, 15) is 22.8 Å². The molecule has 0 aliphatic carbocycles. The minimum absolute atomic E-state index is 0.192. The molecule has 0 fully saturated rings. The van der Waals surface area contributed by atoms with Crippen molar-refractivity contribution in [1.82, 2.24) is 0 Å². The lowest BCUT2D eigenvalue weighted by Crippen LogP contribution is -2.14. The molecule has 0 saturated carbocycles. The molecular weight excluding hydrogens is 516 g/mol. The summed E-state index contributed by atoms with van der Waals surface area (Å²) in [5.41, 5.74) is 3.40. The number of aryl methyl sites for hydroxylation is 2. The van der Waals surface area contributed by atoms with Crippen LogP contribution in [0.25, 0.3) is 0 Å². The van der Waals surface area contributed by atoms with Crippen molar-refractivity contribution in [3.05, 3.63) is 130 Å². The summed E-state index contributed by atoms with van der Waals surface area (Å²) in [6.45, 7) is 3.32. The predicted molar refractivity (Wildman–Crippen MR) is 146 cm³/mol. The molecular formula is C31H26O7S. The van der Waals surface area contributed by atoms with Crippen LogP contribution < -0.4 is 4.74 Å². The van der Waals surface area contributed by atoms with Crippen LogP contribution in [0.1, 0.15) is 47.8 Å². The first-order chi connectivity index (χ1) is 18.6. The number of sulfone groups is 1. The molecule has 0 bridgehead atoms. The summed E-state index contributed by atoms with van der Waals surface area (Å²) >= 11 is 0. The fraction of sp³-hybridized carbons (Fsp3) is 0.129. The van der Waals surface area contributed by atoms with E-state index in [1.54, 1.807) is 48.5 Å². The monoisotopic (exact) mass is 542 g/mol. The van der Waals surface area contributed by atoms with Crippen molar-refractivity contribution in [1.29, 1.82) is 0 Å². The Kier molecular flexibility index (Phi) is 8.36. The van der Waals surface area contributed by atoms with Gasteiger partial charge < -0.3 is 9.47 Å². The second-order valence-corrected chi connectivity index (χ2v) is 11.0. The van der Waals surface area contributed by atoms with Gasteiger partial charge in [0.05, 0.1) is 21.8 Å². The van der Waals surface area contributed by atoms with Gasteiger partial charge in [0, 0.05) is 5.56 Å². The number of rotatable bonds is 9. The van der Waals surface area contributed by atoms with Gasteiger partial charge in [0.2, 0.25) is 0 Å². The first-order valence-electron chi connectivity index (χ1n) is 12.1. The Morgan fingerprint density at radius 1 is 0.615 bits per heavy atom. The Labute approximate surface area is 226 Å². The Morgan fingerprint density at radius 2 is 1.10 bits per heavy atom. The number of esters is 2. The summed E-state index contributed by atoms with van der Waals surface area (Å²) in [7, 11) is -3.53. The maximum Gasteiger partial charge on any atom is 0.343 e. The fourth-order valence-electron chi connectivity index (χ4n) is 3.65. The lowest BCUT2D eigenvalue weighted by molar-refractivity contribution is 0.0474. The van der Waals surface area contributed by atoms with Gasteiger partial charge >= 0.3 is 11.9 Å². The maximum atomic E-state index is 12.6. The molecule has 0 heterocycles. The molecule has 0 spiro atoms. The van der Waals surface area contributed by atoms with E-state index in [0.717, 1.165) is 11.1 Å². The average Bonchev–Trinajstić information content (AvgIpc) is 2.92. The molecule has 0 aliphatic rings. The van der Waals surface area contributed by atoms with Gasteiger partial charge in [0.25, 0.3) is 0 Å². The lowest BCUT2D eigenvalue weighted by atomic mass is 10.1. The zero-order valence-electron chi connectivity index (χ0n) is 21.4. The van der Waals surface area contributed by atoms with E-state index in [0.29, 0.717) is 11.1 Å². The van der Waals surface area contributed by atoms with Crippen LogP contribution in [-0.4, -0.2) is 32.7 Å². The molecule has 0 aromatic heterocycles. The van der Waals surface area contributed by atoms with Crippen LogP contribution in [0.5, 0.6) is 5.75 Å². The average molecular weight is 543 g/mol. The molecule has 0 saturated heterocycles. The van der Waals surface area contributed by atoms with Crippen LogP contribution in [-0.2, 0) is 20.3 Å². The highest BCUT2D eigenvalue weighted by Crippen LogP contribution is 2.19. The van der Waals surface area contributed by atoms with E-state index in [1.165, 1.54) is 36.4 Å². The Bertz CT molecular complexity index is 1590. The number of carbonyl (C=O) groups excluding carboxylic acids is 3. The van der Waals surface area contributed by atoms with Gasteiger partial charge in [-0.1, -0.05) is 47.5 Å². The molecule has 4 rings (SSSR count). The number of Topliss-reactive ketones (excluding diaryl/α,β-unsaturated/α-hetero) is 1. The molecule has 8 heteroatoms. The molecule has 4 aromatic rings. The van der Waals surface area contributed by atoms with Crippen LogP contribution >= 0.6 is 0 Å². The van der Waals surface area contributed by atoms with Crippen LogP contribution in [0.15, 0.2) is 102 Å². The molecule has 4 aromatic carbocycles. The van der Waals surface area contributed by atoms with Crippen molar-refractivity contribution >= 4 is 27.6 Å².